The first-order valence-electron chi connectivity index (χ1n) is 7.01. The summed E-state index contributed by atoms with van der Waals surface area (Å²) in [6.45, 7) is 7.24. The quantitative estimate of drug-likeness (QED) is 0.842. The van der Waals surface area contributed by atoms with E-state index in [2.05, 4.69) is 31.3 Å². The summed E-state index contributed by atoms with van der Waals surface area (Å²) < 4.78 is 0. The minimum Gasteiger partial charge on any atom is -0.316 e. The van der Waals surface area contributed by atoms with Gasteiger partial charge in [-0.05, 0) is 54.3 Å². The average molecular weight is 264 g/mol. The minimum absolute atomic E-state index is 0.437. The Bertz CT molecular complexity index is 435. The SMILES string of the molecule is CC1(C2(C)CCNCC2c2ccc(Cl)cc2)CC1. The number of benzene rings is 1. The maximum Gasteiger partial charge on any atom is 0.0406 e. The summed E-state index contributed by atoms with van der Waals surface area (Å²) in [5, 5.41) is 4.41. The topological polar surface area (TPSA) is 12.0 Å². The van der Waals surface area contributed by atoms with Crippen LogP contribution in [0.15, 0.2) is 24.3 Å². The van der Waals surface area contributed by atoms with Gasteiger partial charge in [-0.3, -0.25) is 0 Å². The van der Waals surface area contributed by atoms with Gasteiger partial charge >= 0.3 is 0 Å². The summed E-state index contributed by atoms with van der Waals surface area (Å²) in [6, 6.07) is 8.48. The number of halogens is 1. The molecule has 1 aliphatic heterocycles. The Hall–Kier alpha value is -0.530. The Morgan fingerprint density at radius 2 is 1.78 bits per heavy atom. The highest BCUT2D eigenvalue weighted by molar-refractivity contribution is 6.30. The highest BCUT2D eigenvalue weighted by atomic mass is 35.5. The van der Waals surface area contributed by atoms with E-state index in [1.165, 1.54) is 24.8 Å². The molecule has 2 aliphatic rings. The van der Waals surface area contributed by atoms with Crippen molar-refractivity contribution in [3.8, 4) is 0 Å². The van der Waals surface area contributed by atoms with E-state index in [0.29, 0.717) is 16.7 Å². The van der Waals surface area contributed by atoms with Gasteiger partial charge in [0.1, 0.15) is 0 Å². The van der Waals surface area contributed by atoms with Crippen molar-refractivity contribution in [1.29, 1.82) is 0 Å². The summed E-state index contributed by atoms with van der Waals surface area (Å²) >= 11 is 6.01. The van der Waals surface area contributed by atoms with Crippen LogP contribution in [0.5, 0.6) is 0 Å². The van der Waals surface area contributed by atoms with E-state index >= 15 is 0 Å². The van der Waals surface area contributed by atoms with E-state index in [0.717, 1.165) is 18.1 Å². The van der Waals surface area contributed by atoms with Crippen LogP contribution in [0.25, 0.3) is 0 Å². The van der Waals surface area contributed by atoms with Gasteiger partial charge in [-0.15, -0.1) is 0 Å². The van der Waals surface area contributed by atoms with E-state index in [-0.39, 0.29) is 0 Å². The van der Waals surface area contributed by atoms with Gasteiger partial charge in [0.15, 0.2) is 0 Å². The molecule has 3 rings (SSSR count). The molecule has 2 fully saturated rings. The first-order valence-corrected chi connectivity index (χ1v) is 7.39. The summed E-state index contributed by atoms with van der Waals surface area (Å²) in [6.07, 6.45) is 4.08. The summed E-state index contributed by atoms with van der Waals surface area (Å²) in [7, 11) is 0. The molecule has 0 radical (unpaired) electrons. The lowest BCUT2D eigenvalue weighted by Gasteiger charge is -2.47. The van der Waals surface area contributed by atoms with Crippen LogP contribution in [0, 0.1) is 10.8 Å². The molecule has 0 amide bonds. The van der Waals surface area contributed by atoms with Gasteiger partial charge in [0, 0.05) is 17.5 Å². The predicted molar refractivity (Wildman–Crippen MR) is 77.1 cm³/mol. The molecule has 1 saturated heterocycles. The van der Waals surface area contributed by atoms with E-state index in [1.807, 2.05) is 12.1 Å². The Kier molecular flexibility index (Phi) is 2.95. The molecule has 1 aromatic rings. The van der Waals surface area contributed by atoms with Crippen LogP contribution >= 0.6 is 11.6 Å². The molecule has 1 aliphatic carbocycles. The van der Waals surface area contributed by atoms with Crippen LogP contribution in [0.2, 0.25) is 5.02 Å². The lowest BCUT2D eigenvalue weighted by Crippen LogP contribution is -2.46. The molecule has 18 heavy (non-hydrogen) atoms. The minimum atomic E-state index is 0.437. The average Bonchev–Trinajstić information content (AvgIpc) is 3.11. The third-order valence-corrected chi connectivity index (χ3v) is 5.84. The molecule has 2 unspecified atom stereocenters. The third-order valence-electron chi connectivity index (χ3n) is 5.59. The van der Waals surface area contributed by atoms with Gasteiger partial charge in [0.05, 0.1) is 0 Å². The van der Waals surface area contributed by atoms with Crippen molar-refractivity contribution in [2.75, 3.05) is 13.1 Å². The zero-order chi connectivity index (χ0) is 12.8. The summed E-state index contributed by atoms with van der Waals surface area (Å²) in [5.74, 6) is 0.621. The van der Waals surface area contributed by atoms with Gasteiger partial charge in [0.25, 0.3) is 0 Å². The Balaban J connectivity index is 1.95. The standard InChI is InChI=1S/C16H22ClN/c1-15(7-8-15)16(2)9-10-18-11-14(16)12-3-5-13(17)6-4-12/h3-6,14,18H,7-11H2,1-2H3. The van der Waals surface area contributed by atoms with Gasteiger partial charge < -0.3 is 5.32 Å². The second-order valence-electron chi connectivity index (χ2n) is 6.54. The van der Waals surface area contributed by atoms with Gasteiger partial charge in [-0.25, -0.2) is 0 Å². The predicted octanol–water partition coefficient (Wildman–Crippen LogP) is 4.22. The Morgan fingerprint density at radius 1 is 1.11 bits per heavy atom. The smallest absolute Gasteiger partial charge is 0.0406 e. The van der Waals surface area contributed by atoms with Crippen molar-refractivity contribution >= 4 is 11.6 Å². The van der Waals surface area contributed by atoms with Gasteiger partial charge in [-0.2, -0.15) is 0 Å². The Morgan fingerprint density at radius 3 is 2.39 bits per heavy atom. The van der Waals surface area contributed by atoms with Crippen LogP contribution in [-0.4, -0.2) is 13.1 Å². The molecule has 2 heteroatoms. The molecule has 1 aromatic carbocycles. The van der Waals surface area contributed by atoms with Crippen molar-refractivity contribution in [1.82, 2.24) is 5.32 Å². The van der Waals surface area contributed by atoms with E-state index in [4.69, 9.17) is 11.6 Å². The van der Waals surface area contributed by atoms with Crippen LogP contribution in [0.1, 0.15) is 44.6 Å². The lowest BCUT2D eigenvalue weighted by atomic mass is 9.61. The number of nitrogens with one attached hydrogen (secondary N) is 1. The van der Waals surface area contributed by atoms with Crippen LogP contribution < -0.4 is 5.32 Å². The number of piperidine rings is 1. The molecule has 1 heterocycles. The number of hydrogen-bond donors (Lipinski definition) is 1. The molecule has 1 nitrogen and oxygen atoms in total. The number of rotatable bonds is 2. The van der Waals surface area contributed by atoms with Crippen molar-refractivity contribution < 1.29 is 0 Å². The molecule has 2 atom stereocenters. The highest BCUT2D eigenvalue weighted by Gasteiger charge is 2.56. The zero-order valence-electron chi connectivity index (χ0n) is 11.3. The zero-order valence-corrected chi connectivity index (χ0v) is 12.1. The lowest BCUT2D eigenvalue weighted by molar-refractivity contribution is 0.0912. The molecule has 1 N–H and O–H groups in total. The van der Waals surface area contributed by atoms with Gasteiger partial charge in [-0.1, -0.05) is 37.6 Å². The van der Waals surface area contributed by atoms with E-state index in [1.54, 1.807) is 0 Å². The molecule has 0 spiro atoms. The second-order valence-corrected chi connectivity index (χ2v) is 6.97. The number of hydrogen-bond acceptors (Lipinski definition) is 1. The van der Waals surface area contributed by atoms with Crippen molar-refractivity contribution in [3.05, 3.63) is 34.9 Å². The van der Waals surface area contributed by atoms with E-state index in [9.17, 15) is 0 Å². The summed E-state index contributed by atoms with van der Waals surface area (Å²) in [4.78, 5) is 0. The monoisotopic (exact) mass is 263 g/mol. The molecule has 98 valence electrons. The maximum absolute atomic E-state index is 6.01. The van der Waals surface area contributed by atoms with Crippen LogP contribution in [0.4, 0.5) is 0 Å². The summed E-state index contributed by atoms with van der Waals surface area (Å²) in [5.41, 5.74) is 2.44. The molecule has 0 aromatic heterocycles. The second kappa shape index (κ2) is 4.25. The van der Waals surface area contributed by atoms with Crippen molar-refractivity contribution in [2.45, 2.75) is 39.0 Å². The highest BCUT2D eigenvalue weighted by Crippen LogP contribution is 2.65. The first-order chi connectivity index (χ1) is 8.55. The molecular formula is C16H22ClN. The van der Waals surface area contributed by atoms with Crippen LogP contribution in [0.3, 0.4) is 0 Å². The Labute approximate surface area is 115 Å². The molecule has 0 bridgehead atoms. The maximum atomic E-state index is 6.01. The van der Waals surface area contributed by atoms with Gasteiger partial charge in [0.2, 0.25) is 0 Å². The van der Waals surface area contributed by atoms with Crippen molar-refractivity contribution in [2.24, 2.45) is 10.8 Å². The van der Waals surface area contributed by atoms with Crippen molar-refractivity contribution in [3.63, 3.8) is 0 Å². The fourth-order valence-corrected chi connectivity index (χ4v) is 3.78. The fraction of sp³-hybridized carbons (Fsp3) is 0.625. The molecule has 1 saturated carbocycles. The van der Waals surface area contributed by atoms with E-state index < -0.39 is 0 Å². The van der Waals surface area contributed by atoms with Crippen LogP contribution in [-0.2, 0) is 0 Å². The fourth-order valence-electron chi connectivity index (χ4n) is 3.66. The third kappa shape index (κ3) is 1.88. The largest absolute Gasteiger partial charge is 0.316 e. The first kappa shape index (κ1) is 12.5. The molecular weight excluding hydrogens is 242 g/mol. The normalized spacial score (nSPS) is 34.3.